The van der Waals surface area contributed by atoms with Gasteiger partial charge in [0.1, 0.15) is 4.83 Å². The molecule has 0 aliphatic heterocycles. The second-order valence-electron chi connectivity index (χ2n) is 8.18. The van der Waals surface area contributed by atoms with E-state index in [2.05, 4.69) is 26.1 Å². The minimum absolute atomic E-state index is 0.0206. The molecule has 0 saturated heterocycles. The number of hydrogen-bond acceptors (Lipinski definition) is 6. The van der Waals surface area contributed by atoms with Gasteiger partial charge in [0.05, 0.1) is 10.6 Å². The number of thioether (sulfide) groups is 1. The van der Waals surface area contributed by atoms with Crippen molar-refractivity contribution in [3.8, 4) is 0 Å². The minimum atomic E-state index is -0.886. The molecule has 0 unspecified atom stereocenters. The Kier molecular flexibility index (Phi) is 6.68. The number of fused-ring (bicyclic) bond motifs is 3. The lowest BCUT2D eigenvalue weighted by molar-refractivity contribution is -0.119. The molecule has 0 fully saturated rings. The van der Waals surface area contributed by atoms with Gasteiger partial charge in [-0.1, -0.05) is 32.5 Å². The summed E-state index contributed by atoms with van der Waals surface area (Å²) in [6.07, 6.45) is 3.83. The number of nitrogens with two attached hydrogens (primary N) is 1. The molecule has 2 atom stereocenters. The summed E-state index contributed by atoms with van der Waals surface area (Å²) in [6.45, 7) is 8.68. The first-order valence-electron chi connectivity index (χ1n) is 9.99. The molecule has 2 heterocycles. The van der Waals surface area contributed by atoms with Crippen LogP contribution in [0.25, 0.3) is 10.2 Å². The van der Waals surface area contributed by atoms with Crippen LogP contribution in [-0.4, -0.2) is 26.7 Å². The topological polar surface area (TPSA) is 107 Å². The van der Waals surface area contributed by atoms with Crippen LogP contribution in [0.2, 0.25) is 0 Å². The van der Waals surface area contributed by atoms with Crippen molar-refractivity contribution in [2.75, 3.05) is 0 Å². The molecule has 1 aliphatic rings. The normalized spacial score (nSPS) is 17.3. The summed E-state index contributed by atoms with van der Waals surface area (Å²) < 4.78 is 1.70. The average Bonchev–Trinajstić information content (AvgIpc) is 2.97. The van der Waals surface area contributed by atoms with Gasteiger partial charge in [0.25, 0.3) is 5.56 Å². The smallest absolute Gasteiger partial charge is 0.318 e. The second kappa shape index (κ2) is 8.87. The van der Waals surface area contributed by atoms with E-state index in [-0.39, 0.29) is 5.56 Å². The predicted octanol–water partition coefficient (Wildman–Crippen LogP) is 3.30. The highest BCUT2D eigenvalue weighted by Gasteiger charge is 2.26. The molecule has 3 amide bonds. The molecule has 3 rings (SSSR count). The third kappa shape index (κ3) is 4.83. The van der Waals surface area contributed by atoms with Crippen molar-refractivity contribution in [3.05, 3.63) is 20.8 Å². The van der Waals surface area contributed by atoms with E-state index in [0.717, 1.165) is 41.5 Å². The molecule has 1 aliphatic carbocycles. The first-order valence-corrected chi connectivity index (χ1v) is 11.7. The number of rotatable bonds is 6. The highest BCUT2D eigenvalue weighted by Crippen LogP contribution is 2.37. The largest absolute Gasteiger partial charge is 0.351 e. The molecule has 9 heteroatoms. The Balaban J connectivity index is 2.05. The molecular formula is C20H28N4O3S2. The number of urea groups is 1. The van der Waals surface area contributed by atoms with Gasteiger partial charge in [-0.3, -0.25) is 19.5 Å². The SMILES string of the molecule is CC(C)CCn1c(S[C@@H](C)C(=O)NC(N)=O)nc2sc3c(c2c1=O)CC[C@@H](C)C3. The second-order valence-corrected chi connectivity index (χ2v) is 10.6. The summed E-state index contributed by atoms with van der Waals surface area (Å²) >= 11 is 2.78. The standard InChI is InChI=1S/C20H28N4O3S2/c1-10(2)7-8-24-18(26)15-13-6-5-11(3)9-14(13)29-17(15)23-20(24)28-12(4)16(25)22-19(21)27/h10-12H,5-9H2,1-4H3,(H3,21,22,25,27)/t11-,12+/m1/s1. The fourth-order valence-electron chi connectivity index (χ4n) is 3.51. The third-order valence-electron chi connectivity index (χ3n) is 5.21. The molecule has 29 heavy (non-hydrogen) atoms. The van der Waals surface area contributed by atoms with E-state index in [9.17, 15) is 14.4 Å². The molecular weight excluding hydrogens is 408 g/mol. The number of nitrogens with one attached hydrogen (secondary N) is 1. The van der Waals surface area contributed by atoms with Crippen LogP contribution in [0.15, 0.2) is 9.95 Å². The molecule has 158 valence electrons. The summed E-state index contributed by atoms with van der Waals surface area (Å²) in [5, 5.41) is 2.76. The van der Waals surface area contributed by atoms with Gasteiger partial charge in [0.15, 0.2) is 5.16 Å². The summed E-state index contributed by atoms with van der Waals surface area (Å²) in [5.74, 6) is 0.555. The van der Waals surface area contributed by atoms with E-state index in [1.165, 1.54) is 16.6 Å². The Morgan fingerprint density at radius 1 is 1.38 bits per heavy atom. The number of aromatic nitrogens is 2. The van der Waals surface area contributed by atoms with Crippen LogP contribution >= 0.6 is 23.1 Å². The van der Waals surface area contributed by atoms with Crippen LogP contribution in [-0.2, 0) is 24.2 Å². The number of imide groups is 1. The van der Waals surface area contributed by atoms with Crippen LogP contribution in [0.1, 0.15) is 51.0 Å². The van der Waals surface area contributed by atoms with Crippen LogP contribution < -0.4 is 16.6 Å². The number of carbonyl (C=O) groups is 2. The Morgan fingerprint density at radius 3 is 2.76 bits per heavy atom. The molecule has 0 saturated carbocycles. The van der Waals surface area contributed by atoms with E-state index < -0.39 is 17.2 Å². The van der Waals surface area contributed by atoms with Crippen molar-refractivity contribution in [2.45, 2.75) is 70.3 Å². The van der Waals surface area contributed by atoms with E-state index in [1.807, 2.05) is 0 Å². The number of hydrogen-bond donors (Lipinski definition) is 2. The summed E-state index contributed by atoms with van der Waals surface area (Å²) in [6, 6.07) is -0.886. The maximum atomic E-state index is 13.4. The van der Waals surface area contributed by atoms with Gasteiger partial charge in [-0.05, 0) is 50.0 Å². The minimum Gasteiger partial charge on any atom is -0.351 e. The quantitative estimate of drug-likeness (QED) is 0.534. The summed E-state index contributed by atoms with van der Waals surface area (Å²) in [5.41, 5.74) is 6.19. The zero-order valence-corrected chi connectivity index (χ0v) is 18.9. The van der Waals surface area contributed by atoms with Gasteiger partial charge >= 0.3 is 6.03 Å². The highest BCUT2D eigenvalue weighted by molar-refractivity contribution is 8.00. The van der Waals surface area contributed by atoms with Crippen molar-refractivity contribution in [1.29, 1.82) is 0 Å². The number of aryl methyl sites for hydroxylation is 1. The molecule has 7 nitrogen and oxygen atoms in total. The van der Waals surface area contributed by atoms with E-state index in [1.54, 1.807) is 22.8 Å². The zero-order valence-electron chi connectivity index (χ0n) is 17.3. The zero-order chi connectivity index (χ0) is 21.3. The maximum Gasteiger partial charge on any atom is 0.318 e. The molecule has 3 N–H and O–H groups in total. The highest BCUT2D eigenvalue weighted by atomic mass is 32.2. The van der Waals surface area contributed by atoms with E-state index >= 15 is 0 Å². The van der Waals surface area contributed by atoms with Crippen molar-refractivity contribution in [3.63, 3.8) is 0 Å². The fourth-order valence-corrected chi connectivity index (χ4v) is 5.87. The number of amides is 3. The molecule has 0 radical (unpaired) electrons. The molecule has 0 spiro atoms. The van der Waals surface area contributed by atoms with Gasteiger partial charge in [-0.2, -0.15) is 0 Å². The molecule has 0 aromatic carbocycles. The van der Waals surface area contributed by atoms with Gasteiger partial charge in [0.2, 0.25) is 5.91 Å². The molecule has 2 aromatic rings. The lowest BCUT2D eigenvalue weighted by Gasteiger charge is -2.18. The monoisotopic (exact) mass is 436 g/mol. The summed E-state index contributed by atoms with van der Waals surface area (Å²) in [7, 11) is 0. The van der Waals surface area contributed by atoms with Crippen LogP contribution in [0.5, 0.6) is 0 Å². The Bertz CT molecular complexity index is 996. The van der Waals surface area contributed by atoms with Crippen molar-refractivity contribution in [1.82, 2.24) is 14.9 Å². The van der Waals surface area contributed by atoms with Crippen molar-refractivity contribution < 1.29 is 9.59 Å². The first-order chi connectivity index (χ1) is 13.7. The Morgan fingerprint density at radius 2 is 2.10 bits per heavy atom. The van der Waals surface area contributed by atoms with Gasteiger partial charge in [-0.25, -0.2) is 9.78 Å². The molecule has 0 bridgehead atoms. The number of nitrogens with zero attached hydrogens (tertiary/aromatic N) is 2. The first kappa shape index (κ1) is 21.8. The van der Waals surface area contributed by atoms with E-state index in [0.29, 0.717) is 23.5 Å². The number of primary amides is 1. The van der Waals surface area contributed by atoms with Crippen molar-refractivity contribution in [2.24, 2.45) is 17.6 Å². The third-order valence-corrected chi connectivity index (χ3v) is 7.45. The Labute approximate surface area is 178 Å². The number of carbonyl (C=O) groups excluding carboxylic acids is 2. The van der Waals surface area contributed by atoms with E-state index in [4.69, 9.17) is 10.7 Å². The van der Waals surface area contributed by atoms with Crippen LogP contribution in [0.4, 0.5) is 4.79 Å². The van der Waals surface area contributed by atoms with Gasteiger partial charge in [0, 0.05) is 11.4 Å². The number of thiophene rings is 1. The van der Waals surface area contributed by atoms with Gasteiger partial charge in [-0.15, -0.1) is 11.3 Å². The van der Waals surface area contributed by atoms with Crippen molar-refractivity contribution >= 4 is 45.3 Å². The average molecular weight is 437 g/mol. The van der Waals surface area contributed by atoms with Crippen LogP contribution in [0.3, 0.4) is 0 Å². The maximum absolute atomic E-state index is 13.4. The Hall–Kier alpha value is -1.87. The van der Waals surface area contributed by atoms with Gasteiger partial charge < -0.3 is 5.73 Å². The lowest BCUT2D eigenvalue weighted by atomic mass is 9.89. The fraction of sp³-hybridized carbons (Fsp3) is 0.600. The predicted molar refractivity (Wildman–Crippen MR) is 118 cm³/mol. The summed E-state index contributed by atoms with van der Waals surface area (Å²) in [4.78, 5) is 43.4. The lowest BCUT2D eigenvalue weighted by Crippen LogP contribution is -2.39. The molecule has 2 aromatic heterocycles. The van der Waals surface area contributed by atoms with Crippen LogP contribution in [0, 0.1) is 11.8 Å².